The molecule has 29 heavy (non-hydrogen) atoms. The smallest absolute Gasteiger partial charge is 0.155 e. The Morgan fingerprint density at radius 1 is 0.897 bits per heavy atom. The van der Waals surface area contributed by atoms with E-state index in [0.717, 1.165) is 61.0 Å². The second-order valence-electron chi connectivity index (χ2n) is 7.55. The zero-order valence-corrected chi connectivity index (χ0v) is 16.3. The summed E-state index contributed by atoms with van der Waals surface area (Å²) in [5, 5.41) is 8.20. The van der Waals surface area contributed by atoms with Crippen molar-refractivity contribution in [2.75, 3.05) is 18.4 Å². The van der Waals surface area contributed by atoms with Gasteiger partial charge in [-0.25, -0.2) is 9.50 Å². The van der Waals surface area contributed by atoms with Crippen LogP contribution in [-0.4, -0.2) is 37.6 Å². The highest BCUT2D eigenvalue weighted by Crippen LogP contribution is 2.27. The molecule has 6 heteroatoms. The lowest BCUT2D eigenvalue weighted by Crippen LogP contribution is -2.33. The molecule has 5 rings (SSSR count). The van der Waals surface area contributed by atoms with Crippen LogP contribution in [0.2, 0.25) is 0 Å². The van der Waals surface area contributed by atoms with Gasteiger partial charge in [0.1, 0.15) is 0 Å². The van der Waals surface area contributed by atoms with Gasteiger partial charge in [0.05, 0.1) is 17.6 Å². The minimum atomic E-state index is 0.417. The summed E-state index contributed by atoms with van der Waals surface area (Å²) in [6, 6.07) is 20.3. The fourth-order valence-electron chi connectivity index (χ4n) is 3.91. The molecule has 1 N–H and O–H groups in total. The zero-order chi connectivity index (χ0) is 19.5. The maximum atomic E-state index is 4.79. The first-order chi connectivity index (χ1) is 14.3. The van der Waals surface area contributed by atoms with Crippen LogP contribution in [0.1, 0.15) is 30.3 Å². The topological polar surface area (TPSA) is 58.4 Å². The van der Waals surface area contributed by atoms with Crippen LogP contribution in [0.5, 0.6) is 0 Å². The van der Waals surface area contributed by atoms with Crippen molar-refractivity contribution < 1.29 is 0 Å². The van der Waals surface area contributed by atoms with Crippen molar-refractivity contribution in [2.24, 2.45) is 0 Å². The third kappa shape index (κ3) is 4.12. The van der Waals surface area contributed by atoms with Gasteiger partial charge in [-0.1, -0.05) is 24.3 Å². The maximum Gasteiger partial charge on any atom is 0.155 e. The largest absolute Gasteiger partial charge is 0.354 e. The Morgan fingerprint density at radius 2 is 1.72 bits per heavy atom. The van der Waals surface area contributed by atoms with Crippen LogP contribution < -0.4 is 5.32 Å². The van der Waals surface area contributed by atoms with Crippen LogP contribution in [0.4, 0.5) is 11.4 Å². The van der Waals surface area contributed by atoms with Gasteiger partial charge in [-0.05, 0) is 62.3 Å². The number of benzene rings is 1. The van der Waals surface area contributed by atoms with E-state index in [9.17, 15) is 0 Å². The minimum absolute atomic E-state index is 0.417. The molecule has 1 aliphatic rings. The molecule has 0 bridgehead atoms. The second-order valence-corrected chi connectivity index (χ2v) is 7.55. The summed E-state index contributed by atoms with van der Waals surface area (Å²) in [6.45, 7) is 3.02. The van der Waals surface area contributed by atoms with Crippen molar-refractivity contribution in [3.8, 4) is 0 Å². The summed E-state index contributed by atoms with van der Waals surface area (Å²) in [5.74, 6) is 1.37. The number of nitrogens with one attached hydrogen (secondary N) is 1. The molecule has 3 aromatic heterocycles. The molecular weight excluding hydrogens is 360 g/mol. The molecule has 0 amide bonds. The van der Waals surface area contributed by atoms with E-state index in [4.69, 9.17) is 10.1 Å². The lowest BCUT2D eigenvalue weighted by atomic mass is 9.96. The highest BCUT2D eigenvalue weighted by atomic mass is 15.3. The van der Waals surface area contributed by atoms with Gasteiger partial charge in [0, 0.05) is 24.3 Å². The number of nitrogens with zero attached hydrogens (tertiary/aromatic N) is 5. The molecule has 1 aliphatic heterocycles. The average Bonchev–Trinajstić information content (AvgIpc) is 3.19. The number of fused-ring (bicyclic) bond motifs is 1. The van der Waals surface area contributed by atoms with Gasteiger partial charge >= 0.3 is 0 Å². The number of hydrogen-bond acceptors (Lipinski definition) is 5. The van der Waals surface area contributed by atoms with Gasteiger partial charge in [0.2, 0.25) is 0 Å². The van der Waals surface area contributed by atoms with Crippen molar-refractivity contribution in [2.45, 2.75) is 25.3 Å². The molecule has 0 unspecified atom stereocenters. The van der Waals surface area contributed by atoms with E-state index in [1.807, 2.05) is 47.2 Å². The van der Waals surface area contributed by atoms with Crippen molar-refractivity contribution in [1.29, 1.82) is 0 Å². The van der Waals surface area contributed by atoms with E-state index in [2.05, 4.69) is 45.5 Å². The van der Waals surface area contributed by atoms with Crippen LogP contribution in [0.15, 0.2) is 73.1 Å². The Hall–Kier alpha value is -3.25. The van der Waals surface area contributed by atoms with E-state index in [-0.39, 0.29) is 0 Å². The zero-order valence-electron chi connectivity index (χ0n) is 16.3. The van der Waals surface area contributed by atoms with Crippen molar-refractivity contribution in [1.82, 2.24) is 24.5 Å². The number of hydrogen-bond donors (Lipinski definition) is 1. The highest BCUT2D eigenvalue weighted by Gasteiger charge is 2.24. The molecule has 0 atom stereocenters. The average molecular weight is 384 g/mol. The number of piperidine rings is 1. The van der Waals surface area contributed by atoms with E-state index in [1.54, 1.807) is 0 Å². The van der Waals surface area contributed by atoms with E-state index >= 15 is 0 Å². The Bertz CT molecular complexity index is 1070. The van der Waals surface area contributed by atoms with Gasteiger partial charge in [0.15, 0.2) is 11.5 Å². The van der Waals surface area contributed by atoms with E-state index in [0.29, 0.717) is 5.92 Å². The molecule has 1 aromatic carbocycles. The molecular formula is C23H24N6. The summed E-state index contributed by atoms with van der Waals surface area (Å²) in [6.07, 6.45) is 6.04. The predicted octanol–water partition coefficient (Wildman–Crippen LogP) is 4.25. The van der Waals surface area contributed by atoms with E-state index in [1.165, 1.54) is 0 Å². The highest BCUT2D eigenvalue weighted by molar-refractivity contribution is 5.60. The van der Waals surface area contributed by atoms with Gasteiger partial charge in [-0.3, -0.25) is 9.88 Å². The quantitative estimate of drug-likeness (QED) is 0.557. The summed E-state index contributed by atoms with van der Waals surface area (Å²) in [7, 11) is 0. The lowest BCUT2D eigenvalue weighted by molar-refractivity contribution is 0.200. The molecule has 4 aromatic rings. The van der Waals surface area contributed by atoms with E-state index < -0.39 is 0 Å². The summed E-state index contributed by atoms with van der Waals surface area (Å²) in [5.41, 5.74) is 4.10. The normalized spacial score (nSPS) is 15.6. The van der Waals surface area contributed by atoms with Crippen molar-refractivity contribution >= 4 is 17.0 Å². The van der Waals surface area contributed by atoms with Gasteiger partial charge in [0.25, 0.3) is 0 Å². The van der Waals surface area contributed by atoms with Gasteiger partial charge in [-0.15, -0.1) is 0 Å². The van der Waals surface area contributed by atoms with Crippen LogP contribution >= 0.6 is 0 Å². The number of likely N-dealkylation sites (tertiary alicyclic amines) is 1. The number of anilines is 2. The fraction of sp³-hybridized carbons (Fsp3) is 0.261. The SMILES string of the molecule is c1ccc(Nc2ccc3nc(C4CCN(Cc5ccccn5)CC4)nn3c2)cc1. The Balaban J connectivity index is 1.25. The minimum Gasteiger partial charge on any atom is -0.354 e. The molecule has 1 fully saturated rings. The number of aromatic nitrogens is 4. The molecule has 1 saturated heterocycles. The molecule has 0 aliphatic carbocycles. The Labute approximate surface area is 170 Å². The molecule has 0 saturated carbocycles. The fourth-order valence-corrected chi connectivity index (χ4v) is 3.91. The standard InChI is InChI=1S/C23H24N6/c1-2-6-19(7-3-1)25-21-9-10-22-26-23(27-29(22)17-21)18-11-14-28(15-12-18)16-20-8-4-5-13-24-20/h1-10,13,17-18,25H,11-12,14-16H2. The molecule has 6 nitrogen and oxygen atoms in total. The van der Waals surface area contributed by atoms with Crippen LogP contribution in [-0.2, 0) is 6.54 Å². The molecule has 146 valence electrons. The first-order valence-electron chi connectivity index (χ1n) is 10.1. The number of pyridine rings is 2. The third-order valence-corrected chi connectivity index (χ3v) is 5.47. The van der Waals surface area contributed by atoms with Crippen molar-refractivity contribution in [3.05, 3.63) is 84.6 Å². The monoisotopic (exact) mass is 384 g/mol. The Kier molecular flexibility index (Phi) is 4.92. The number of rotatable bonds is 5. The maximum absolute atomic E-state index is 4.79. The molecule has 0 spiro atoms. The molecule has 0 radical (unpaired) electrons. The summed E-state index contributed by atoms with van der Waals surface area (Å²) in [4.78, 5) is 11.7. The molecule has 4 heterocycles. The summed E-state index contributed by atoms with van der Waals surface area (Å²) < 4.78 is 1.89. The number of para-hydroxylation sites is 1. The predicted molar refractivity (Wildman–Crippen MR) is 114 cm³/mol. The first-order valence-corrected chi connectivity index (χ1v) is 10.1. The third-order valence-electron chi connectivity index (χ3n) is 5.47. The van der Waals surface area contributed by atoms with Crippen molar-refractivity contribution in [3.63, 3.8) is 0 Å². The van der Waals surface area contributed by atoms with Gasteiger partial charge in [-0.2, -0.15) is 5.10 Å². The first kappa shape index (κ1) is 17.8. The van der Waals surface area contributed by atoms with Crippen LogP contribution in [0, 0.1) is 0 Å². The van der Waals surface area contributed by atoms with Gasteiger partial charge < -0.3 is 5.32 Å². The summed E-state index contributed by atoms with van der Waals surface area (Å²) >= 11 is 0. The lowest BCUT2D eigenvalue weighted by Gasteiger charge is -2.30. The second kappa shape index (κ2) is 8.01. The van der Waals surface area contributed by atoms with Crippen LogP contribution in [0.3, 0.4) is 0 Å². The van der Waals surface area contributed by atoms with Crippen LogP contribution in [0.25, 0.3) is 5.65 Å². The Morgan fingerprint density at radius 3 is 2.52 bits per heavy atom.